The molecule has 0 saturated heterocycles. The van der Waals surface area contributed by atoms with Crippen LogP contribution in [-0.2, 0) is 14.6 Å². The third-order valence-corrected chi connectivity index (χ3v) is 5.43. The zero-order chi connectivity index (χ0) is 14.0. The smallest absolute Gasteiger partial charge is 0.151 e. The van der Waals surface area contributed by atoms with Gasteiger partial charge < -0.3 is 10.1 Å². The predicted octanol–water partition coefficient (Wildman–Crippen LogP) is 2.00. The Balaban J connectivity index is 1.98. The molecule has 0 aromatic carbocycles. The SMILES string of the molecule is CCCCOCCNCCS(=O)(=O)CC1CCCC1. The van der Waals surface area contributed by atoms with E-state index in [1.54, 1.807) is 0 Å². The van der Waals surface area contributed by atoms with E-state index in [1.807, 2.05) is 0 Å². The lowest BCUT2D eigenvalue weighted by Gasteiger charge is -2.10. The largest absolute Gasteiger partial charge is 0.380 e. The van der Waals surface area contributed by atoms with Crippen LogP contribution in [0.2, 0.25) is 0 Å². The second kappa shape index (κ2) is 9.72. The molecule has 0 aliphatic heterocycles. The van der Waals surface area contributed by atoms with E-state index in [0.717, 1.165) is 38.8 Å². The maximum absolute atomic E-state index is 11.9. The van der Waals surface area contributed by atoms with Crippen LogP contribution in [0.25, 0.3) is 0 Å². The molecular weight excluding hydrogens is 262 g/mol. The Bertz CT molecular complexity index is 311. The van der Waals surface area contributed by atoms with E-state index in [9.17, 15) is 8.42 Å². The van der Waals surface area contributed by atoms with Gasteiger partial charge in [0.2, 0.25) is 0 Å². The molecule has 1 rings (SSSR count). The molecule has 1 aliphatic carbocycles. The number of nitrogens with one attached hydrogen (secondary N) is 1. The number of rotatable bonds is 11. The first-order valence-corrected chi connectivity index (χ1v) is 9.45. The maximum Gasteiger partial charge on any atom is 0.151 e. The molecule has 0 heterocycles. The van der Waals surface area contributed by atoms with Gasteiger partial charge in [-0.15, -0.1) is 0 Å². The lowest BCUT2D eigenvalue weighted by Crippen LogP contribution is -2.28. The highest BCUT2D eigenvalue weighted by atomic mass is 32.2. The molecule has 0 aromatic rings. The summed E-state index contributed by atoms with van der Waals surface area (Å²) >= 11 is 0. The van der Waals surface area contributed by atoms with Crippen molar-refractivity contribution in [3.05, 3.63) is 0 Å². The van der Waals surface area contributed by atoms with E-state index in [0.29, 0.717) is 24.8 Å². The quantitative estimate of drug-likeness (QED) is 0.592. The normalized spacial score (nSPS) is 17.1. The Labute approximate surface area is 118 Å². The molecule has 1 aliphatic rings. The van der Waals surface area contributed by atoms with Crippen molar-refractivity contribution < 1.29 is 13.2 Å². The second-order valence-corrected chi connectivity index (χ2v) is 7.71. The molecule has 0 amide bonds. The third-order valence-electron chi connectivity index (χ3n) is 3.62. The van der Waals surface area contributed by atoms with E-state index in [-0.39, 0.29) is 5.75 Å². The van der Waals surface area contributed by atoms with Crippen molar-refractivity contribution in [2.45, 2.75) is 45.4 Å². The first kappa shape index (κ1) is 16.9. The van der Waals surface area contributed by atoms with Crippen LogP contribution >= 0.6 is 0 Å². The fourth-order valence-corrected chi connectivity index (χ4v) is 4.14. The van der Waals surface area contributed by atoms with Gasteiger partial charge in [0.25, 0.3) is 0 Å². The molecule has 1 N–H and O–H groups in total. The Kier molecular flexibility index (Phi) is 8.66. The Morgan fingerprint density at radius 1 is 1.16 bits per heavy atom. The molecule has 0 spiro atoms. The van der Waals surface area contributed by atoms with Gasteiger partial charge in [-0.2, -0.15) is 0 Å². The van der Waals surface area contributed by atoms with Crippen molar-refractivity contribution >= 4 is 9.84 Å². The first-order chi connectivity index (χ1) is 9.14. The van der Waals surface area contributed by atoms with Gasteiger partial charge in [-0.3, -0.25) is 0 Å². The highest BCUT2D eigenvalue weighted by Crippen LogP contribution is 2.25. The lowest BCUT2D eigenvalue weighted by molar-refractivity contribution is 0.133. The molecule has 0 atom stereocenters. The summed E-state index contributed by atoms with van der Waals surface area (Å²) in [6, 6.07) is 0. The zero-order valence-corrected chi connectivity index (χ0v) is 13.0. The topological polar surface area (TPSA) is 55.4 Å². The summed E-state index contributed by atoms with van der Waals surface area (Å²) in [4.78, 5) is 0. The molecule has 0 unspecified atom stereocenters. The minimum Gasteiger partial charge on any atom is -0.380 e. The van der Waals surface area contributed by atoms with Crippen molar-refractivity contribution in [2.24, 2.45) is 5.92 Å². The Hall–Kier alpha value is -0.130. The van der Waals surface area contributed by atoms with Crippen LogP contribution < -0.4 is 5.32 Å². The Morgan fingerprint density at radius 3 is 2.58 bits per heavy atom. The predicted molar refractivity (Wildman–Crippen MR) is 79.2 cm³/mol. The van der Waals surface area contributed by atoms with E-state index < -0.39 is 9.84 Å². The molecule has 19 heavy (non-hydrogen) atoms. The van der Waals surface area contributed by atoms with E-state index in [1.165, 1.54) is 12.8 Å². The summed E-state index contributed by atoms with van der Waals surface area (Å²) in [5.41, 5.74) is 0. The van der Waals surface area contributed by atoms with E-state index in [2.05, 4.69) is 12.2 Å². The van der Waals surface area contributed by atoms with Crippen molar-refractivity contribution in [1.82, 2.24) is 5.32 Å². The summed E-state index contributed by atoms with van der Waals surface area (Å²) < 4.78 is 29.2. The number of hydrogen-bond acceptors (Lipinski definition) is 4. The van der Waals surface area contributed by atoms with Crippen LogP contribution in [0.15, 0.2) is 0 Å². The van der Waals surface area contributed by atoms with Crippen LogP contribution in [0.1, 0.15) is 45.4 Å². The van der Waals surface area contributed by atoms with Crippen LogP contribution in [0.3, 0.4) is 0 Å². The molecule has 1 saturated carbocycles. The highest BCUT2D eigenvalue weighted by molar-refractivity contribution is 7.91. The molecule has 114 valence electrons. The lowest BCUT2D eigenvalue weighted by atomic mass is 10.1. The van der Waals surface area contributed by atoms with Gasteiger partial charge in [0.15, 0.2) is 9.84 Å². The molecule has 5 heteroatoms. The van der Waals surface area contributed by atoms with Gasteiger partial charge >= 0.3 is 0 Å². The monoisotopic (exact) mass is 291 g/mol. The minimum absolute atomic E-state index is 0.262. The van der Waals surface area contributed by atoms with Gasteiger partial charge in [-0.25, -0.2) is 8.42 Å². The standard InChI is InChI=1S/C14H29NO3S/c1-2-3-10-18-11-8-15-9-12-19(16,17)13-14-6-4-5-7-14/h14-15H,2-13H2,1H3. The molecule has 0 aromatic heterocycles. The van der Waals surface area contributed by atoms with Gasteiger partial charge in [0.05, 0.1) is 18.1 Å². The molecule has 1 fully saturated rings. The Morgan fingerprint density at radius 2 is 1.89 bits per heavy atom. The molecule has 0 bridgehead atoms. The fraction of sp³-hybridized carbons (Fsp3) is 1.00. The number of sulfone groups is 1. The van der Waals surface area contributed by atoms with E-state index >= 15 is 0 Å². The molecule has 4 nitrogen and oxygen atoms in total. The second-order valence-electron chi connectivity index (χ2n) is 5.48. The van der Waals surface area contributed by atoms with Gasteiger partial charge in [-0.05, 0) is 25.2 Å². The number of ether oxygens (including phenoxy) is 1. The van der Waals surface area contributed by atoms with Gasteiger partial charge in [0, 0.05) is 19.7 Å². The average molecular weight is 291 g/mol. The van der Waals surface area contributed by atoms with Crippen LogP contribution in [-0.4, -0.2) is 46.2 Å². The average Bonchev–Trinajstić information content (AvgIpc) is 2.84. The minimum atomic E-state index is -2.87. The van der Waals surface area contributed by atoms with Crippen LogP contribution in [0, 0.1) is 5.92 Å². The van der Waals surface area contributed by atoms with Crippen molar-refractivity contribution in [2.75, 3.05) is 37.8 Å². The van der Waals surface area contributed by atoms with Crippen molar-refractivity contribution in [3.8, 4) is 0 Å². The fourth-order valence-electron chi connectivity index (χ4n) is 2.46. The maximum atomic E-state index is 11.9. The van der Waals surface area contributed by atoms with Crippen molar-refractivity contribution in [3.63, 3.8) is 0 Å². The van der Waals surface area contributed by atoms with E-state index in [4.69, 9.17) is 4.74 Å². The number of hydrogen-bond donors (Lipinski definition) is 1. The molecular formula is C14H29NO3S. The molecule has 0 radical (unpaired) electrons. The first-order valence-electron chi connectivity index (χ1n) is 7.63. The summed E-state index contributed by atoms with van der Waals surface area (Å²) in [6.45, 7) is 4.90. The summed E-state index contributed by atoms with van der Waals surface area (Å²) in [6.07, 6.45) is 6.83. The van der Waals surface area contributed by atoms with Gasteiger partial charge in [-0.1, -0.05) is 26.2 Å². The van der Waals surface area contributed by atoms with Gasteiger partial charge in [0.1, 0.15) is 0 Å². The van der Waals surface area contributed by atoms with Crippen LogP contribution in [0.4, 0.5) is 0 Å². The van der Waals surface area contributed by atoms with Crippen LogP contribution in [0.5, 0.6) is 0 Å². The zero-order valence-electron chi connectivity index (χ0n) is 12.2. The third kappa shape index (κ3) is 8.60. The summed E-state index contributed by atoms with van der Waals surface area (Å²) in [5, 5.41) is 3.14. The summed E-state index contributed by atoms with van der Waals surface area (Å²) in [7, 11) is -2.87. The summed E-state index contributed by atoms with van der Waals surface area (Å²) in [5.74, 6) is 1.07. The number of unbranched alkanes of at least 4 members (excludes halogenated alkanes) is 1. The van der Waals surface area contributed by atoms with Crippen molar-refractivity contribution in [1.29, 1.82) is 0 Å². The highest BCUT2D eigenvalue weighted by Gasteiger charge is 2.21.